The van der Waals surface area contributed by atoms with E-state index in [9.17, 15) is 5.11 Å². The van der Waals surface area contributed by atoms with Crippen LogP contribution in [-0.2, 0) is 0 Å². The summed E-state index contributed by atoms with van der Waals surface area (Å²) in [4.78, 5) is 3.94. The highest BCUT2D eigenvalue weighted by Crippen LogP contribution is 2.28. The van der Waals surface area contributed by atoms with Crippen LogP contribution in [0.25, 0.3) is 0 Å². The van der Waals surface area contributed by atoms with Crippen molar-refractivity contribution in [1.82, 2.24) is 4.98 Å². The van der Waals surface area contributed by atoms with E-state index in [1.165, 1.54) is 0 Å². The molecule has 0 saturated carbocycles. The molecular formula is C13H12ClNO2. The molecule has 1 aromatic heterocycles. The van der Waals surface area contributed by atoms with Crippen LogP contribution in [0, 0.1) is 0 Å². The molecule has 4 heteroatoms. The van der Waals surface area contributed by atoms with Gasteiger partial charge in [-0.3, -0.25) is 0 Å². The first kappa shape index (κ1) is 11.9. The topological polar surface area (TPSA) is 42.4 Å². The highest BCUT2D eigenvalue weighted by molar-refractivity contribution is 6.30. The van der Waals surface area contributed by atoms with E-state index in [-0.39, 0.29) is 0 Å². The summed E-state index contributed by atoms with van der Waals surface area (Å²) in [7, 11) is 1.59. The van der Waals surface area contributed by atoms with Crippen molar-refractivity contribution in [3.05, 3.63) is 58.9 Å². The Morgan fingerprint density at radius 1 is 1.29 bits per heavy atom. The Balaban J connectivity index is 2.37. The zero-order valence-corrected chi connectivity index (χ0v) is 10.1. The van der Waals surface area contributed by atoms with Crippen LogP contribution in [0.1, 0.15) is 17.2 Å². The molecule has 88 valence electrons. The molecule has 1 atom stereocenters. The fourth-order valence-electron chi connectivity index (χ4n) is 1.59. The van der Waals surface area contributed by atoms with Gasteiger partial charge in [-0.1, -0.05) is 29.8 Å². The zero-order valence-electron chi connectivity index (χ0n) is 9.30. The molecule has 1 heterocycles. The van der Waals surface area contributed by atoms with Crippen molar-refractivity contribution in [3.63, 3.8) is 0 Å². The monoisotopic (exact) mass is 249 g/mol. The van der Waals surface area contributed by atoms with Gasteiger partial charge in [0, 0.05) is 11.8 Å². The van der Waals surface area contributed by atoms with Crippen molar-refractivity contribution in [3.8, 4) is 5.75 Å². The molecule has 0 bridgehead atoms. The molecule has 0 fully saturated rings. The molecule has 2 aromatic rings. The van der Waals surface area contributed by atoms with E-state index in [2.05, 4.69) is 4.98 Å². The van der Waals surface area contributed by atoms with E-state index in [0.29, 0.717) is 16.5 Å². The molecule has 0 aliphatic heterocycles. The quantitative estimate of drug-likeness (QED) is 0.851. The van der Waals surface area contributed by atoms with Crippen molar-refractivity contribution in [1.29, 1.82) is 0 Å². The second-order valence-corrected chi connectivity index (χ2v) is 3.92. The minimum absolute atomic E-state index is 0.308. The van der Waals surface area contributed by atoms with Crippen LogP contribution in [0.2, 0.25) is 5.15 Å². The Hall–Kier alpha value is -1.58. The average Bonchev–Trinajstić information content (AvgIpc) is 2.38. The van der Waals surface area contributed by atoms with Gasteiger partial charge in [-0.05, 0) is 23.8 Å². The highest BCUT2D eigenvalue weighted by Gasteiger charge is 2.14. The van der Waals surface area contributed by atoms with E-state index < -0.39 is 6.10 Å². The van der Waals surface area contributed by atoms with Gasteiger partial charge in [-0.2, -0.15) is 0 Å². The van der Waals surface area contributed by atoms with Gasteiger partial charge in [-0.15, -0.1) is 0 Å². The van der Waals surface area contributed by atoms with E-state index in [0.717, 1.165) is 5.56 Å². The van der Waals surface area contributed by atoms with Crippen molar-refractivity contribution in [2.45, 2.75) is 6.10 Å². The first-order valence-corrected chi connectivity index (χ1v) is 5.52. The summed E-state index contributed by atoms with van der Waals surface area (Å²) in [6.07, 6.45) is 0.788. The second-order valence-electron chi connectivity index (χ2n) is 3.56. The summed E-state index contributed by atoms with van der Waals surface area (Å²) >= 11 is 5.94. The van der Waals surface area contributed by atoms with Gasteiger partial charge < -0.3 is 9.84 Å². The van der Waals surface area contributed by atoms with E-state index in [1.54, 1.807) is 31.5 Å². The lowest BCUT2D eigenvalue weighted by Crippen LogP contribution is -2.01. The smallest absolute Gasteiger partial charge is 0.135 e. The first-order valence-electron chi connectivity index (χ1n) is 5.15. The second kappa shape index (κ2) is 5.17. The summed E-state index contributed by atoms with van der Waals surface area (Å²) in [6.45, 7) is 0. The number of aromatic nitrogens is 1. The number of benzene rings is 1. The van der Waals surface area contributed by atoms with Crippen LogP contribution in [0.3, 0.4) is 0 Å². The molecule has 3 nitrogen and oxygen atoms in total. The Labute approximate surface area is 105 Å². The molecule has 0 aliphatic carbocycles. The number of pyridine rings is 1. The molecule has 0 aliphatic rings. The summed E-state index contributed by atoms with van der Waals surface area (Å²) < 4.78 is 5.11. The first-order chi connectivity index (χ1) is 8.22. The van der Waals surface area contributed by atoms with Crippen LogP contribution in [0.4, 0.5) is 0 Å². The Kier molecular flexibility index (Phi) is 3.61. The van der Waals surface area contributed by atoms with E-state index in [4.69, 9.17) is 16.3 Å². The molecule has 1 N–H and O–H groups in total. The number of halogens is 1. The Bertz CT molecular complexity index is 516. The third-order valence-electron chi connectivity index (χ3n) is 2.49. The van der Waals surface area contributed by atoms with Crippen LogP contribution in [0.5, 0.6) is 5.75 Å². The van der Waals surface area contributed by atoms with Gasteiger partial charge in [0.15, 0.2) is 0 Å². The SMILES string of the molecule is COc1cccc(C(O)c2cccnc2Cl)c1. The molecule has 17 heavy (non-hydrogen) atoms. The Morgan fingerprint density at radius 3 is 2.82 bits per heavy atom. The summed E-state index contributed by atoms with van der Waals surface area (Å²) in [6, 6.07) is 10.7. The number of nitrogens with zero attached hydrogens (tertiary/aromatic N) is 1. The lowest BCUT2D eigenvalue weighted by Gasteiger charge is -2.13. The third kappa shape index (κ3) is 2.57. The minimum atomic E-state index is -0.800. The van der Waals surface area contributed by atoms with E-state index >= 15 is 0 Å². The van der Waals surface area contributed by atoms with Crippen molar-refractivity contribution >= 4 is 11.6 Å². The number of rotatable bonds is 3. The predicted octanol–water partition coefficient (Wildman–Crippen LogP) is 2.83. The number of methoxy groups -OCH3 is 1. The van der Waals surface area contributed by atoms with Gasteiger partial charge >= 0.3 is 0 Å². The molecule has 1 unspecified atom stereocenters. The van der Waals surface area contributed by atoms with Crippen LogP contribution >= 0.6 is 11.6 Å². The van der Waals surface area contributed by atoms with Gasteiger partial charge in [0.05, 0.1) is 7.11 Å². The fourth-order valence-corrected chi connectivity index (χ4v) is 1.82. The van der Waals surface area contributed by atoms with Gasteiger partial charge in [0.2, 0.25) is 0 Å². The largest absolute Gasteiger partial charge is 0.497 e. The normalized spacial score (nSPS) is 12.2. The molecule has 2 rings (SSSR count). The molecular weight excluding hydrogens is 238 g/mol. The van der Waals surface area contributed by atoms with Gasteiger partial charge in [-0.25, -0.2) is 4.98 Å². The number of ether oxygens (including phenoxy) is 1. The predicted molar refractivity (Wildman–Crippen MR) is 66.3 cm³/mol. The summed E-state index contributed by atoms with van der Waals surface area (Å²) in [5.74, 6) is 0.696. The van der Waals surface area contributed by atoms with Crippen molar-refractivity contribution < 1.29 is 9.84 Å². The number of aliphatic hydroxyl groups excluding tert-OH is 1. The summed E-state index contributed by atoms with van der Waals surface area (Å²) in [5, 5.41) is 10.5. The number of hydrogen-bond donors (Lipinski definition) is 1. The van der Waals surface area contributed by atoms with Crippen LogP contribution in [-0.4, -0.2) is 17.2 Å². The van der Waals surface area contributed by atoms with Crippen LogP contribution < -0.4 is 4.74 Å². The number of aliphatic hydroxyl groups is 1. The van der Waals surface area contributed by atoms with Crippen LogP contribution in [0.15, 0.2) is 42.6 Å². The molecule has 0 spiro atoms. The van der Waals surface area contributed by atoms with E-state index in [1.807, 2.05) is 18.2 Å². The van der Waals surface area contributed by atoms with Crippen molar-refractivity contribution in [2.24, 2.45) is 0 Å². The fraction of sp³-hybridized carbons (Fsp3) is 0.154. The standard InChI is InChI=1S/C13H12ClNO2/c1-17-10-5-2-4-9(8-10)12(16)11-6-3-7-15-13(11)14/h2-8,12,16H,1H3. The molecule has 0 saturated heterocycles. The maximum absolute atomic E-state index is 10.2. The maximum Gasteiger partial charge on any atom is 0.135 e. The summed E-state index contributed by atoms with van der Waals surface area (Å²) in [5.41, 5.74) is 1.31. The minimum Gasteiger partial charge on any atom is -0.497 e. The zero-order chi connectivity index (χ0) is 12.3. The maximum atomic E-state index is 10.2. The highest BCUT2D eigenvalue weighted by atomic mass is 35.5. The molecule has 1 aromatic carbocycles. The van der Waals surface area contributed by atoms with Gasteiger partial charge in [0.1, 0.15) is 17.0 Å². The van der Waals surface area contributed by atoms with Crippen molar-refractivity contribution in [2.75, 3.05) is 7.11 Å². The van der Waals surface area contributed by atoms with Gasteiger partial charge in [0.25, 0.3) is 0 Å². The average molecular weight is 250 g/mol. The molecule has 0 radical (unpaired) electrons. The Morgan fingerprint density at radius 2 is 2.12 bits per heavy atom. The lowest BCUT2D eigenvalue weighted by atomic mass is 10.0. The number of hydrogen-bond acceptors (Lipinski definition) is 3. The third-order valence-corrected chi connectivity index (χ3v) is 2.81. The molecule has 0 amide bonds. The lowest BCUT2D eigenvalue weighted by molar-refractivity contribution is 0.219.